The largest absolute Gasteiger partial charge is 0.442 e. The highest BCUT2D eigenvalue weighted by molar-refractivity contribution is 5.89. The van der Waals surface area contributed by atoms with Gasteiger partial charge in [0.1, 0.15) is 12.1 Å². The Morgan fingerprint density at radius 3 is 2.08 bits per heavy atom. The number of hydrogen-bond donors (Lipinski definition) is 3. The van der Waals surface area contributed by atoms with Gasteiger partial charge in [0.15, 0.2) is 0 Å². The van der Waals surface area contributed by atoms with Crippen LogP contribution in [0.5, 0.6) is 0 Å². The Bertz CT molecular complexity index is 832. The minimum Gasteiger partial charge on any atom is -0.442 e. The molecule has 2 aliphatic heterocycles. The number of likely N-dealkylation sites (tertiary alicyclic amines) is 2. The number of hydrogen-bond acceptors (Lipinski definition) is 5. The summed E-state index contributed by atoms with van der Waals surface area (Å²) in [6.45, 7) is 19.5. The van der Waals surface area contributed by atoms with Gasteiger partial charge in [0, 0.05) is 24.0 Å². The highest BCUT2D eigenvalue weighted by atomic mass is 16.6. The predicted octanol–water partition coefficient (Wildman–Crippen LogP) is 2.86. The van der Waals surface area contributed by atoms with E-state index in [2.05, 4.69) is 16.0 Å². The highest BCUT2D eigenvalue weighted by Gasteiger charge is 2.55. The summed E-state index contributed by atoms with van der Waals surface area (Å²) in [6.07, 6.45) is -0.0372. The molecule has 10 nitrogen and oxygen atoms in total. The van der Waals surface area contributed by atoms with Crippen LogP contribution in [-0.2, 0) is 14.3 Å². The average Bonchev–Trinajstić information content (AvgIpc) is 3.29. The topological polar surface area (TPSA) is 120 Å². The molecule has 0 radical (unpaired) electrons. The predicted molar refractivity (Wildman–Crippen MR) is 138 cm³/mol. The lowest BCUT2D eigenvalue weighted by molar-refractivity contribution is -0.142. The van der Waals surface area contributed by atoms with E-state index in [1.165, 1.54) is 0 Å². The van der Waals surface area contributed by atoms with Gasteiger partial charge >= 0.3 is 12.1 Å². The van der Waals surface area contributed by atoms with Crippen molar-refractivity contribution in [2.24, 2.45) is 11.3 Å². The Labute approximate surface area is 216 Å². The van der Waals surface area contributed by atoms with Gasteiger partial charge in [-0.05, 0) is 52.9 Å². The van der Waals surface area contributed by atoms with Crippen LogP contribution in [-0.4, -0.2) is 82.6 Å². The fourth-order valence-electron chi connectivity index (χ4n) is 4.71. The van der Waals surface area contributed by atoms with E-state index >= 15 is 0 Å². The first-order valence-corrected chi connectivity index (χ1v) is 13.1. The normalized spacial score (nSPS) is 23.7. The molecule has 5 atom stereocenters. The Hall–Kier alpha value is -2.52. The van der Waals surface area contributed by atoms with E-state index in [9.17, 15) is 19.2 Å². The molecule has 0 unspecified atom stereocenters. The number of amides is 5. The maximum atomic E-state index is 13.9. The maximum Gasteiger partial charge on any atom is 0.407 e. The molecule has 36 heavy (non-hydrogen) atoms. The van der Waals surface area contributed by atoms with Gasteiger partial charge in [0.25, 0.3) is 0 Å². The van der Waals surface area contributed by atoms with Gasteiger partial charge in [0.2, 0.25) is 11.8 Å². The molecule has 206 valence electrons. The molecule has 0 aliphatic carbocycles. The van der Waals surface area contributed by atoms with Gasteiger partial charge in [-0.2, -0.15) is 0 Å². The molecular formula is C26H47N5O5. The summed E-state index contributed by atoms with van der Waals surface area (Å²) in [7, 11) is 0. The van der Waals surface area contributed by atoms with Crippen LogP contribution in [0.25, 0.3) is 0 Å². The minimum absolute atomic E-state index is 0.0553. The van der Waals surface area contributed by atoms with Crippen molar-refractivity contribution in [2.45, 2.75) is 118 Å². The number of nitrogens with one attached hydrogen (secondary N) is 3. The molecule has 0 saturated carbocycles. The van der Waals surface area contributed by atoms with Crippen LogP contribution in [0.15, 0.2) is 0 Å². The van der Waals surface area contributed by atoms with Crippen molar-refractivity contribution in [3.05, 3.63) is 0 Å². The van der Waals surface area contributed by atoms with Crippen LogP contribution in [0.1, 0.15) is 82.1 Å². The average molecular weight is 510 g/mol. The van der Waals surface area contributed by atoms with Gasteiger partial charge in [-0.1, -0.05) is 34.6 Å². The Morgan fingerprint density at radius 1 is 0.972 bits per heavy atom. The fraction of sp³-hybridized carbons (Fsp3) is 0.846. The van der Waals surface area contributed by atoms with Crippen molar-refractivity contribution in [3.63, 3.8) is 0 Å². The summed E-state index contributed by atoms with van der Waals surface area (Å²) in [5.74, 6) is -0.598. The van der Waals surface area contributed by atoms with E-state index in [1.54, 1.807) is 9.80 Å². The first kappa shape index (κ1) is 29.7. The van der Waals surface area contributed by atoms with Crippen molar-refractivity contribution >= 4 is 23.9 Å². The van der Waals surface area contributed by atoms with Gasteiger partial charge in [0.05, 0.1) is 18.6 Å². The fourth-order valence-corrected chi connectivity index (χ4v) is 4.71. The molecular weight excluding hydrogens is 462 g/mol. The Morgan fingerprint density at radius 2 is 1.58 bits per heavy atom. The Kier molecular flexibility index (Phi) is 9.29. The number of nitrogens with zero attached hydrogens (tertiary/aromatic N) is 2. The van der Waals surface area contributed by atoms with Crippen LogP contribution < -0.4 is 16.0 Å². The number of carbonyl (C=O) groups is 4. The quantitative estimate of drug-likeness (QED) is 0.509. The SMILES string of the molecule is CC[C@@H](C)C(=O)N[C@H](C(=O)N1CC[C@@H]2[C@H]1[C@@H](OC(=O)NC(C)(C)C)CN2C(=O)NC(C)C)C(C)(C)C. The Balaban J connectivity index is 2.35. The second kappa shape index (κ2) is 11.3. The third-order valence-corrected chi connectivity index (χ3v) is 6.73. The third-order valence-electron chi connectivity index (χ3n) is 6.73. The van der Waals surface area contributed by atoms with Crippen LogP contribution in [0.3, 0.4) is 0 Å². The molecule has 2 aliphatic rings. The standard InChI is InChI=1S/C26H47N5O5/c1-11-16(4)21(32)28-20(25(5,6)7)22(33)30-13-12-17-19(30)18(36-24(35)29-26(8,9)10)14-31(17)23(34)27-15(2)3/h15-20H,11-14H2,1-10H3,(H,27,34)(H,28,32)(H,29,35)/t16-,17-,18+,19+,20-/m1/s1. The summed E-state index contributed by atoms with van der Waals surface area (Å²) in [4.78, 5) is 55.7. The molecule has 5 amide bonds. The summed E-state index contributed by atoms with van der Waals surface area (Å²) < 4.78 is 5.82. The lowest BCUT2D eigenvalue weighted by Gasteiger charge is -2.37. The summed E-state index contributed by atoms with van der Waals surface area (Å²) in [6, 6.07) is -1.83. The van der Waals surface area contributed by atoms with Gasteiger partial charge in [-0.15, -0.1) is 0 Å². The zero-order chi connectivity index (χ0) is 27.6. The van der Waals surface area contributed by atoms with Gasteiger partial charge in [-0.25, -0.2) is 9.59 Å². The molecule has 0 aromatic rings. The molecule has 0 spiro atoms. The molecule has 2 saturated heterocycles. The number of urea groups is 1. The highest BCUT2D eigenvalue weighted by Crippen LogP contribution is 2.36. The number of rotatable bonds is 6. The van der Waals surface area contributed by atoms with Gasteiger partial charge < -0.3 is 30.5 Å². The van der Waals surface area contributed by atoms with E-state index < -0.39 is 35.2 Å². The maximum absolute atomic E-state index is 13.9. The van der Waals surface area contributed by atoms with Crippen LogP contribution in [0.2, 0.25) is 0 Å². The third kappa shape index (κ3) is 7.26. The summed E-state index contributed by atoms with van der Waals surface area (Å²) in [5, 5.41) is 8.68. The van der Waals surface area contributed by atoms with E-state index in [1.807, 2.05) is 69.2 Å². The van der Waals surface area contributed by atoms with Crippen molar-refractivity contribution in [1.82, 2.24) is 25.8 Å². The first-order chi connectivity index (χ1) is 16.5. The molecule has 0 bridgehead atoms. The number of fused-ring (bicyclic) bond motifs is 1. The number of ether oxygens (including phenoxy) is 1. The lowest BCUT2D eigenvalue weighted by Crippen LogP contribution is -2.58. The van der Waals surface area contributed by atoms with Crippen molar-refractivity contribution in [1.29, 1.82) is 0 Å². The zero-order valence-corrected chi connectivity index (χ0v) is 23.7. The van der Waals surface area contributed by atoms with Crippen molar-refractivity contribution in [3.8, 4) is 0 Å². The van der Waals surface area contributed by atoms with Crippen LogP contribution >= 0.6 is 0 Å². The second-order valence-electron chi connectivity index (χ2n) is 12.6. The number of alkyl carbamates (subject to hydrolysis) is 1. The molecule has 0 aromatic carbocycles. The molecule has 2 fully saturated rings. The zero-order valence-electron chi connectivity index (χ0n) is 23.7. The van der Waals surface area contributed by atoms with Gasteiger partial charge in [-0.3, -0.25) is 9.59 Å². The van der Waals surface area contributed by atoms with E-state index in [-0.39, 0.29) is 42.4 Å². The summed E-state index contributed by atoms with van der Waals surface area (Å²) >= 11 is 0. The monoisotopic (exact) mass is 509 g/mol. The first-order valence-electron chi connectivity index (χ1n) is 13.1. The smallest absolute Gasteiger partial charge is 0.407 e. The van der Waals surface area contributed by atoms with E-state index in [0.29, 0.717) is 19.4 Å². The lowest BCUT2D eigenvalue weighted by atomic mass is 9.85. The van der Waals surface area contributed by atoms with Crippen LogP contribution in [0.4, 0.5) is 9.59 Å². The molecule has 10 heteroatoms. The molecule has 3 N–H and O–H groups in total. The molecule has 2 heterocycles. The second-order valence-corrected chi connectivity index (χ2v) is 12.6. The van der Waals surface area contributed by atoms with Crippen LogP contribution in [0, 0.1) is 11.3 Å². The minimum atomic E-state index is -0.750. The molecule has 2 rings (SSSR count). The summed E-state index contributed by atoms with van der Waals surface area (Å²) in [5.41, 5.74) is -1.03. The number of carbonyl (C=O) groups excluding carboxylic acids is 4. The van der Waals surface area contributed by atoms with Crippen molar-refractivity contribution in [2.75, 3.05) is 13.1 Å². The van der Waals surface area contributed by atoms with Crippen molar-refractivity contribution < 1.29 is 23.9 Å². The van der Waals surface area contributed by atoms with E-state index in [4.69, 9.17) is 4.74 Å². The molecule has 0 aromatic heterocycles. The van der Waals surface area contributed by atoms with E-state index in [0.717, 1.165) is 0 Å².